The molecule has 68 valence electrons. The zero-order valence-corrected chi connectivity index (χ0v) is 8.78. The van der Waals surface area contributed by atoms with Gasteiger partial charge < -0.3 is 10.6 Å². The maximum atomic E-state index is 11.2. The van der Waals surface area contributed by atoms with Crippen LogP contribution in [0.3, 0.4) is 0 Å². The fourth-order valence-electron chi connectivity index (χ4n) is 1.44. The van der Waals surface area contributed by atoms with Crippen LogP contribution in [0.25, 0.3) is 0 Å². The number of primary amides is 1. The van der Waals surface area contributed by atoms with Gasteiger partial charge in [0.2, 0.25) is 11.8 Å². The number of carbonyl (C=O) groups excluding carboxylic acids is 2. The summed E-state index contributed by atoms with van der Waals surface area (Å²) in [5.41, 5.74) is 5.15. The first-order valence-electron chi connectivity index (χ1n) is 3.81. The number of alkyl halides is 1. The fraction of sp³-hybridized carbons (Fsp3) is 0.714. The highest BCUT2D eigenvalue weighted by molar-refractivity contribution is 14.1. The van der Waals surface area contributed by atoms with E-state index in [0.717, 1.165) is 12.8 Å². The molecule has 5 heteroatoms. The largest absolute Gasteiger partial charge is 0.368 e. The van der Waals surface area contributed by atoms with E-state index in [0.29, 0.717) is 11.0 Å². The number of halogens is 1. The predicted molar refractivity (Wildman–Crippen MR) is 52.8 cm³/mol. The smallest absolute Gasteiger partial charge is 0.240 e. The molecule has 0 saturated carbocycles. The minimum atomic E-state index is -0.384. The molecule has 1 rings (SSSR count). The van der Waals surface area contributed by atoms with Gasteiger partial charge in [-0.2, -0.15) is 0 Å². The van der Waals surface area contributed by atoms with E-state index >= 15 is 0 Å². The Morgan fingerprint density at radius 3 is 2.75 bits per heavy atom. The molecule has 0 spiro atoms. The van der Waals surface area contributed by atoms with Crippen LogP contribution < -0.4 is 5.73 Å². The molecule has 4 nitrogen and oxygen atoms in total. The van der Waals surface area contributed by atoms with Crippen LogP contribution in [0.1, 0.15) is 12.8 Å². The van der Waals surface area contributed by atoms with Crippen molar-refractivity contribution in [1.82, 2.24) is 4.90 Å². The number of hydrogen-bond donors (Lipinski definition) is 1. The van der Waals surface area contributed by atoms with Crippen molar-refractivity contribution in [2.75, 3.05) is 11.0 Å². The van der Waals surface area contributed by atoms with Crippen LogP contribution in [0.15, 0.2) is 0 Å². The van der Waals surface area contributed by atoms with Gasteiger partial charge in [-0.3, -0.25) is 9.59 Å². The number of rotatable bonds is 2. The zero-order chi connectivity index (χ0) is 9.14. The third-order valence-corrected chi connectivity index (χ3v) is 2.67. The Labute approximate surface area is 84.6 Å². The minimum absolute atomic E-state index is 0.0110. The molecule has 1 aliphatic heterocycles. The molecule has 0 aromatic heterocycles. The molecule has 1 fully saturated rings. The van der Waals surface area contributed by atoms with Crippen LogP contribution >= 0.6 is 22.6 Å². The van der Waals surface area contributed by atoms with Crippen LogP contribution in [0.4, 0.5) is 0 Å². The van der Waals surface area contributed by atoms with Gasteiger partial charge in [-0.05, 0) is 12.8 Å². The molecule has 0 aliphatic carbocycles. The van der Waals surface area contributed by atoms with Gasteiger partial charge >= 0.3 is 0 Å². The first kappa shape index (κ1) is 9.76. The number of amides is 2. The summed E-state index contributed by atoms with van der Waals surface area (Å²) in [7, 11) is 0. The Bertz CT molecular complexity index is 208. The van der Waals surface area contributed by atoms with Gasteiger partial charge in [0.25, 0.3) is 0 Å². The monoisotopic (exact) mass is 282 g/mol. The molecule has 2 amide bonds. The van der Waals surface area contributed by atoms with E-state index in [2.05, 4.69) is 0 Å². The summed E-state index contributed by atoms with van der Waals surface area (Å²) in [5, 5.41) is 0. The lowest BCUT2D eigenvalue weighted by molar-refractivity contribution is -0.135. The molecular formula is C7H11IN2O2. The van der Waals surface area contributed by atoms with E-state index in [9.17, 15) is 9.59 Å². The normalized spacial score (nSPS) is 22.8. The quantitative estimate of drug-likeness (QED) is 0.567. The summed E-state index contributed by atoms with van der Waals surface area (Å²) in [6.45, 7) is 0.676. The molecule has 0 radical (unpaired) electrons. The molecule has 1 heterocycles. The Hall–Kier alpha value is -0.330. The highest BCUT2D eigenvalue weighted by Crippen LogP contribution is 2.17. The molecule has 0 aromatic rings. The second-order valence-corrected chi connectivity index (χ2v) is 3.54. The Balaban J connectivity index is 2.63. The zero-order valence-electron chi connectivity index (χ0n) is 6.62. The van der Waals surface area contributed by atoms with Crippen molar-refractivity contribution in [1.29, 1.82) is 0 Å². The Kier molecular flexibility index (Phi) is 3.30. The van der Waals surface area contributed by atoms with Crippen molar-refractivity contribution in [3.8, 4) is 0 Å². The summed E-state index contributed by atoms with van der Waals surface area (Å²) in [6.07, 6.45) is 1.60. The molecule has 1 atom stereocenters. The van der Waals surface area contributed by atoms with E-state index in [1.54, 1.807) is 4.90 Å². The number of carbonyl (C=O) groups is 2. The van der Waals surface area contributed by atoms with Gasteiger partial charge in [0.1, 0.15) is 6.04 Å². The molecule has 1 unspecified atom stereocenters. The van der Waals surface area contributed by atoms with Crippen molar-refractivity contribution in [3.63, 3.8) is 0 Å². The van der Waals surface area contributed by atoms with Crippen molar-refractivity contribution < 1.29 is 9.59 Å². The van der Waals surface area contributed by atoms with Gasteiger partial charge in [-0.25, -0.2) is 0 Å². The summed E-state index contributed by atoms with van der Waals surface area (Å²) >= 11 is 1.99. The highest BCUT2D eigenvalue weighted by atomic mass is 127. The fourth-order valence-corrected chi connectivity index (χ4v) is 1.88. The average Bonchev–Trinajstić information content (AvgIpc) is 2.50. The average molecular weight is 282 g/mol. The van der Waals surface area contributed by atoms with E-state index < -0.39 is 0 Å². The topological polar surface area (TPSA) is 63.4 Å². The van der Waals surface area contributed by atoms with E-state index in [1.807, 2.05) is 22.6 Å². The minimum Gasteiger partial charge on any atom is -0.368 e. The number of nitrogens with zero attached hydrogens (tertiary/aromatic N) is 1. The molecule has 0 aromatic carbocycles. The van der Waals surface area contributed by atoms with Gasteiger partial charge in [-0.15, -0.1) is 0 Å². The van der Waals surface area contributed by atoms with Crippen molar-refractivity contribution in [3.05, 3.63) is 0 Å². The molecule has 2 N–H and O–H groups in total. The summed E-state index contributed by atoms with van der Waals surface area (Å²) in [6, 6.07) is -0.354. The lowest BCUT2D eigenvalue weighted by Gasteiger charge is -2.20. The van der Waals surface area contributed by atoms with Crippen LogP contribution in [0, 0.1) is 0 Å². The molecule has 0 bridgehead atoms. The lowest BCUT2D eigenvalue weighted by atomic mass is 10.2. The molecular weight excluding hydrogens is 271 g/mol. The third kappa shape index (κ3) is 1.88. The van der Waals surface area contributed by atoms with Crippen LogP contribution in [0.2, 0.25) is 0 Å². The van der Waals surface area contributed by atoms with Gasteiger partial charge in [0, 0.05) is 6.54 Å². The number of likely N-dealkylation sites (tertiary alicyclic amines) is 1. The first-order chi connectivity index (χ1) is 5.66. The summed E-state index contributed by atoms with van der Waals surface area (Å²) < 4.78 is 0.418. The Morgan fingerprint density at radius 2 is 2.25 bits per heavy atom. The van der Waals surface area contributed by atoms with E-state index in [-0.39, 0.29) is 17.9 Å². The van der Waals surface area contributed by atoms with Crippen molar-refractivity contribution >= 4 is 34.4 Å². The standard InChI is InChI=1S/C7H11IN2O2/c8-4-6(11)10-3-1-2-5(10)7(9)12/h5H,1-4H2,(H2,9,12). The second kappa shape index (κ2) is 4.06. The van der Waals surface area contributed by atoms with Gasteiger partial charge in [-0.1, -0.05) is 22.6 Å². The number of hydrogen-bond acceptors (Lipinski definition) is 2. The highest BCUT2D eigenvalue weighted by Gasteiger charge is 2.31. The Morgan fingerprint density at radius 1 is 1.58 bits per heavy atom. The molecule has 1 saturated heterocycles. The van der Waals surface area contributed by atoms with Gasteiger partial charge in [0.15, 0.2) is 0 Å². The van der Waals surface area contributed by atoms with Crippen LogP contribution in [-0.2, 0) is 9.59 Å². The first-order valence-corrected chi connectivity index (χ1v) is 5.34. The maximum absolute atomic E-state index is 11.2. The van der Waals surface area contributed by atoms with Gasteiger partial charge in [0.05, 0.1) is 4.43 Å². The number of nitrogens with two attached hydrogens (primary N) is 1. The molecule has 1 aliphatic rings. The SMILES string of the molecule is NC(=O)C1CCCN1C(=O)CI. The van der Waals surface area contributed by atoms with Crippen LogP contribution in [-0.4, -0.2) is 33.7 Å². The van der Waals surface area contributed by atoms with Crippen molar-refractivity contribution in [2.24, 2.45) is 5.73 Å². The maximum Gasteiger partial charge on any atom is 0.240 e. The van der Waals surface area contributed by atoms with Crippen LogP contribution in [0.5, 0.6) is 0 Å². The lowest BCUT2D eigenvalue weighted by Crippen LogP contribution is -2.44. The van der Waals surface area contributed by atoms with E-state index in [1.165, 1.54) is 0 Å². The summed E-state index contributed by atoms with van der Waals surface area (Å²) in [5.74, 6) is -0.373. The third-order valence-electron chi connectivity index (χ3n) is 2.02. The second-order valence-electron chi connectivity index (χ2n) is 2.78. The summed E-state index contributed by atoms with van der Waals surface area (Å²) in [4.78, 5) is 23.7. The molecule has 12 heavy (non-hydrogen) atoms. The van der Waals surface area contributed by atoms with E-state index in [4.69, 9.17) is 5.73 Å². The van der Waals surface area contributed by atoms with Crippen molar-refractivity contribution in [2.45, 2.75) is 18.9 Å². The predicted octanol–water partition coefficient (Wildman–Crippen LogP) is -0.102.